The van der Waals surface area contributed by atoms with Crippen molar-refractivity contribution in [3.05, 3.63) is 70.5 Å². The Morgan fingerprint density at radius 3 is 2.65 bits per heavy atom. The molecule has 0 spiro atoms. The van der Waals surface area contributed by atoms with Crippen molar-refractivity contribution in [2.75, 3.05) is 5.32 Å². The Kier molecular flexibility index (Phi) is 4.16. The van der Waals surface area contributed by atoms with Gasteiger partial charge in [0.25, 0.3) is 5.91 Å². The van der Waals surface area contributed by atoms with Gasteiger partial charge in [0, 0.05) is 10.2 Å². The smallest absolute Gasteiger partial charge is 0.280 e. The Labute approximate surface area is 141 Å². The number of aryl methyl sites for hydroxylation is 1. The average Bonchev–Trinajstić information content (AvgIpc) is 2.94. The van der Waals surface area contributed by atoms with Crippen LogP contribution >= 0.6 is 15.9 Å². The Morgan fingerprint density at radius 1 is 1.22 bits per heavy atom. The van der Waals surface area contributed by atoms with Crippen LogP contribution in [-0.2, 0) is 0 Å². The van der Waals surface area contributed by atoms with Gasteiger partial charge in [-0.2, -0.15) is 5.10 Å². The molecule has 1 aromatic heterocycles. The van der Waals surface area contributed by atoms with Gasteiger partial charge in [0.05, 0.1) is 11.9 Å². The molecule has 2 N–H and O–H groups in total. The van der Waals surface area contributed by atoms with Gasteiger partial charge in [-0.1, -0.05) is 34.1 Å². The lowest BCUT2D eigenvalue weighted by Crippen LogP contribution is -2.13. The van der Waals surface area contributed by atoms with E-state index in [4.69, 9.17) is 0 Å². The van der Waals surface area contributed by atoms with Gasteiger partial charge in [-0.3, -0.25) is 4.79 Å². The number of nitrogens with zero attached hydrogens (tertiary/aromatic N) is 2. The Morgan fingerprint density at radius 2 is 1.96 bits per heavy atom. The van der Waals surface area contributed by atoms with Gasteiger partial charge < -0.3 is 10.4 Å². The van der Waals surface area contributed by atoms with Gasteiger partial charge in [-0.05, 0) is 42.8 Å². The average molecular weight is 372 g/mol. The number of amides is 1. The molecule has 0 unspecified atom stereocenters. The molecule has 1 amide bonds. The number of benzene rings is 2. The second-order valence-corrected chi connectivity index (χ2v) is 5.92. The predicted molar refractivity (Wildman–Crippen MR) is 92.1 cm³/mol. The SMILES string of the molecule is Cc1cc(NC(=O)c2nn(-c3ccccc3)cc2O)ccc1Br. The minimum atomic E-state index is -0.459. The third-order valence-electron chi connectivity index (χ3n) is 3.35. The molecule has 0 fully saturated rings. The first kappa shape index (κ1) is 15.3. The number of aromatic nitrogens is 2. The van der Waals surface area contributed by atoms with Crippen LogP contribution in [0.3, 0.4) is 0 Å². The van der Waals surface area contributed by atoms with Gasteiger partial charge in [0.15, 0.2) is 11.4 Å². The molecule has 6 heteroatoms. The predicted octanol–water partition coefficient (Wildman–Crippen LogP) is 3.90. The minimum Gasteiger partial charge on any atom is -0.504 e. The lowest BCUT2D eigenvalue weighted by molar-refractivity contribution is 0.101. The zero-order chi connectivity index (χ0) is 16.4. The maximum atomic E-state index is 12.3. The van der Waals surface area contributed by atoms with Gasteiger partial charge in [0.2, 0.25) is 0 Å². The highest BCUT2D eigenvalue weighted by atomic mass is 79.9. The first-order chi connectivity index (χ1) is 11.0. The highest BCUT2D eigenvalue weighted by molar-refractivity contribution is 9.10. The maximum absolute atomic E-state index is 12.3. The summed E-state index contributed by atoms with van der Waals surface area (Å²) in [5, 5.41) is 16.9. The number of rotatable bonds is 3. The molecule has 0 saturated carbocycles. The second kappa shape index (κ2) is 6.26. The van der Waals surface area contributed by atoms with Crippen molar-refractivity contribution in [3.8, 4) is 11.4 Å². The number of carbonyl (C=O) groups is 1. The molecule has 1 heterocycles. The van der Waals surface area contributed by atoms with Crippen LogP contribution in [0.15, 0.2) is 59.2 Å². The lowest BCUT2D eigenvalue weighted by atomic mass is 10.2. The first-order valence-electron chi connectivity index (χ1n) is 6.96. The first-order valence-corrected chi connectivity index (χ1v) is 7.75. The molecule has 0 aliphatic heterocycles. The summed E-state index contributed by atoms with van der Waals surface area (Å²) in [6, 6.07) is 14.8. The highest BCUT2D eigenvalue weighted by Gasteiger charge is 2.17. The maximum Gasteiger partial charge on any atom is 0.280 e. The van der Waals surface area contributed by atoms with E-state index in [1.165, 1.54) is 10.9 Å². The molecule has 0 atom stereocenters. The third kappa shape index (κ3) is 3.27. The van der Waals surface area contributed by atoms with E-state index in [1.54, 1.807) is 6.07 Å². The van der Waals surface area contributed by atoms with Crippen molar-refractivity contribution < 1.29 is 9.90 Å². The van der Waals surface area contributed by atoms with Gasteiger partial charge >= 0.3 is 0 Å². The zero-order valence-electron chi connectivity index (χ0n) is 12.3. The van der Waals surface area contributed by atoms with Crippen LogP contribution in [0.4, 0.5) is 5.69 Å². The van der Waals surface area contributed by atoms with Crippen molar-refractivity contribution >= 4 is 27.5 Å². The molecule has 0 aliphatic carbocycles. The summed E-state index contributed by atoms with van der Waals surface area (Å²) in [5.41, 5.74) is 2.39. The summed E-state index contributed by atoms with van der Waals surface area (Å²) >= 11 is 3.41. The van der Waals surface area contributed by atoms with E-state index < -0.39 is 5.91 Å². The number of hydrogen-bond acceptors (Lipinski definition) is 3. The summed E-state index contributed by atoms with van der Waals surface area (Å²) in [4.78, 5) is 12.3. The Bertz CT molecular complexity index is 860. The van der Waals surface area contributed by atoms with E-state index in [9.17, 15) is 9.90 Å². The standard InChI is InChI=1S/C17H14BrN3O2/c1-11-9-12(7-8-14(11)18)19-17(23)16-15(22)10-21(20-16)13-5-3-2-4-6-13/h2-10,22H,1H3,(H,19,23). The largest absolute Gasteiger partial charge is 0.504 e. The number of hydrogen-bond donors (Lipinski definition) is 2. The van der Waals surface area contributed by atoms with Crippen LogP contribution in [0, 0.1) is 6.92 Å². The van der Waals surface area contributed by atoms with Crippen molar-refractivity contribution in [1.29, 1.82) is 0 Å². The van der Waals surface area contributed by atoms with E-state index in [0.717, 1.165) is 15.7 Å². The molecule has 2 aromatic carbocycles. The molecule has 5 nitrogen and oxygen atoms in total. The quantitative estimate of drug-likeness (QED) is 0.733. The van der Waals surface area contributed by atoms with E-state index in [-0.39, 0.29) is 11.4 Å². The highest BCUT2D eigenvalue weighted by Crippen LogP contribution is 2.22. The molecular formula is C17H14BrN3O2. The Balaban J connectivity index is 1.85. The normalized spacial score (nSPS) is 10.5. The summed E-state index contributed by atoms with van der Waals surface area (Å²) in [6.07, 6.45) is 1.41. The molecule has 3 aromatic rings. The molecule has 0 radical (unpaired) electrons. The van der Waals surface area contributed by atoms with E-state index in [0.29, 0.717) is 5.69 Å². The van der Waals surface area contributed by atoms with E-state index in [1.807, 2.05) is 49.4 Å². The second-order valence-electron chi connectivity index (χ2n) is 5.06. The molecule has 0 bridgehead atoms. The van der Waals surface area contributed by atoms with Crippen LogP contribution in [-0.4, -0.2) is 20.8 Å². The van der Waals surface area contributed by atoms with Crippen molar-refractivity contribution in [3.63, 3.8) is 0 Å². The molecule has 23 heavy (non-hydrogen) atoms. The molecule has 0 aliphatic rings. The summed E-state index contributed by atoms with van der Waals surface area (Å²) in [5.74, 6) is -0.626. The topological polar surface area (TPSA) is 67.2 Å². The van der Waals surface area contributed by atoms with E-state index in [2.05, 4.69) is 26.3 Å². The molecule has 116 valence electrons. The number of para-hydroxylation sites is 1. The number of halogens is 1. The monoisotopic (exact) mass is 371 g/mol. The van der Waals surface area contributed by atoms with Crippen molar-refractivity contribution in [1.82, 2.24) is 9.78 Å². The lowest BCUT2D eigenvalue weighted by Gasteiger charge is -2.06. The van der Waals surface area contributed by atoms with Crippen LogP contribution in [0.25, 0.3) is 5.69 Å². The molecular weight excluding hydrogens is 358 g/mol. The number of nitrogens with one attached hydrogen (secondary N) is 1. The fourth-order valence-corrected chi connectivity index (χ4v) is 2.40. The Hall–Kier alpha value is -2.60. The van der Waals surface area contributed by atoms with Crippen LogP contribution in [0.5, 0.6) is 5.75 Å². The molecule has 0 saturated heterocycles. The fourth-order valence-electron chi connectivity index (χ4n) is 2.15. The summed E-state index contributed by atoms with van der Waals surface area (Å²) in [6.45, 7) is 1.93. The van der Waals surface area contributed by atoms with Crippen LogP contribution in [0.2, 0.25) is 0 Å². The van der Waals surface area contributed by atoms with Crippen molar-refractivity contribution in [2.45, 2.75) is 6.92 Å². The number of anilines is 1. The van der Waals surface area contributed by atoms with Crippen LogP contribution in [0.1, 0.15) is 16.1 Å². The van der Waals surface area contributed by atoms with E-state index >= 15 is 0 Å². The molecule has 3 rings (SSSR count). The van der Waals surface area contributed by atoms with Gasteiger partial charge in [-0.15, -0.1) is 0 Å². The minimum absolute atomic E-state index is 0.0191. The van der Waals surface area contributed by atoms with Gasteiger partial charge in [0.1, 0.15) is 0 Å². The van der Waals surface area contributed by atoms with Crippen molar-refractivity contribution in [2.24, 2.45) is 0 Å². The summed E-state index contributed by atoms with van der Waals surface area (Å²) in [7, 11) is 0. The fraction of sp³-hybridized carbons (Fsp3) is 0.0588. The third-order valence-corrected chi connectivity index (χ3v) is 4.24. The number of carbonyl (C=O) groups excluding carboxylic acids is 1. The number of aromatic hydroxyl groups is 1. The van der Waals surface area contributed by atoms with Crippen LogP contribution < -0.4 is 5.32 Å². The van der Waals surface area contributed by atoms with Gasteiger partial charge in [-0.25, -0.2) is 4.68 Å². The summed E-state index contributed by atoms with van der Waals surface area (Å²) < 4.78 is 2.43. The zero-order valence-corrected chi connectivity index (χ0v) is 13.9.